The lowest BCUT2D eigenvalue weighted by Gasteiger charge is -2.30. The van der Waals surface area contributed by atoms with Crippen LogP contribution in [-0.2, 0) is 16.2 Å². The second-order valence-electron chi connectivity index (χ2n) is 5.14. The lowest BCUT2D eigenvalue weighted by atomic mass is 9.83. The number of nitrogens with one attached hydrogen (secondary N) is 1. The van der Waals surface area contributed by atoms with Crippen LogP contribution < -0.4 is 5.48 Å². The minimum Gasteiger partial charge on any atom is -0.481 e. The van der Waals surface area contributed by atoms with Crippen LogP contribution in [0.1, 0.15) is 37.7 Å². The number of rotatable bonds is 6. The monoisotopic (exact) mass is 263 g/mol. The molecule has 1 fully saturated rings. The van der Waals surface area contributed by atoms with Crippen LogP contribution in [0.5, 0.6) is 0 Å². The molecule has 0 bridgehead atoms. The van der Waals surface area contributed by atoms with Gasteiger partial charge in [0.15, 0.2) is 0 Å². The Labute approximate surface area is 113 Å². The summed E-state index contributed by atoms with van der Waals surface area (Å²) in [5.41, 5.74) is 4.17. The zero-order valence-corrected chi connectivity index (χ0v) is 11.0. The van der Waals surface area contributed by atoms with Gasteiger partial charge in [0.1, 0.15) is 0 Å². The summed E-state index contributed by atoms with van der Waals surface area (Å²) in [6.45, 7) is 0.511. The number of carboxylic acids is 1. The second-order valence-corrected chi connectivity index (χ2v) is 5.14. The van der Waals surface area contributed by atoms with Gasteiger partial charge in [0.25, 0.3) is 0 Å². The highest BCUT2D eigenvalue weighted by atomic mass is 16.6. The van der Waals surface area contributed by atoms with Crippen molar-refractivity contribution in [3.05, 3.63) is 35.9 Å². The van der Waals surface area contributed by atoms with Crippen LogP contribution in [-0.4, -0.2) is 17.1 Å². The van der Waals surface area contributed by atoms with Crippen molar-refractivity contribution in [1.82, 2.24) is 5.48 Å². The van der Waals surface area contributed by atoms with E-state index >= 15 is 0 Å². The first-order chi connectivity index (χ1) is 9.25. The molecule has 1 aromatic carbocycles. The van der Waals surface area contributed by atoms with Crippen molar-refractivity contribution in [1.29, 1.82) is 0 Å². The number of carboxylic acid groups (broad SMARTS) is 1. The maximum absolute atomic E-state index is 10.8. The molecule has 1 aliphatic carbocycles. The molecule has 19 heavy (non-hydrogen) atoms. The molecular weight excluding hydrogens is 242 g/mol. The van der Waals surface area contributed by atoms with E-state index in [0.29, 0.717) is 6.61 Å². The standard InChI is InChI=1S/C15H21NO3/c17-15(18)10-13-8-4-5-9-14(13)16-19-11-12-6-2-1-3-7-12/h1-3,6-7,13-14,16H,4-5,8-11H2,(H,17,18). The molecule has 4 nitrogen and oxygen atoms in total. The average Bonchev–Trinajstić information content (AvgIpc) is 2.41. The van der Waals surface area contributed by atoms with Gasteiger partial charge in [0.05, 0.1) is 6.61 Å². The van der Waals surface area contributed by atoms with Crippen molar-refractivity contribution >= 4 is 5.97 Å². The highest BCUT2D eigenvalue weighted by Crippen LogP contribution is 2.27. The minimum absolute atomic E-state index is 0.161. The van der Waals surface area contributed by atoms with Gasteiger partial charge in [0.2, 0.25) is 0 Å². The summed E-state index contributed by atoms with van der Waals surface area (Å²) in [7, 11) is 0. The highest BCUT2D eigenvalue weighted by Gasteiger charge is 2.27. The van der Waals surface area contributed by atoms with Gasteiger partial charge in [-0.2, -0.15) is 5.48 Å². The molecule has 0 saturated heterocycles. The largest absolute Gasteiger partial charge is 0.481 e. The average molecular weight is 263 g/mol. The normalized spacial score (nSPS) is 23.2. The molecule has 2 rings (SSSR count). The summed E-state index contributed by atoms with van der Waals surface area (Å²) in [5.74, 6) is -0.538. The quantitative estimate of drug-likeness (QED) is 0.775. The SMILES string of the molecule is O=C(O)CC1CCCCC1NOCc1ccccc1. The predicted octanol–water partition coefficient (Wildman–Crippen LogP) is 2.74. The zero-order valence-electron chi connectivity index (χ0n) is 11.0. The van der Waals surface area contributed by atoms with Crippen molar-refractivity contribution in [2.24, 2.45) is 5.92 Å². The molecule has 0 spiro atoms. The van der Waals surface area contributed by atoms with Gasteiger partial charge in [-0.15, -0.1) is 0 Å². The number of hydrogen-bond donors (Lipinski definition) is 2. The number of hydroxylamine groups is 1. The summed E-state index contributed by atoms with van der Waals surface area (Å²) >= 11 is 0. The first kappa shape index (κ1) is 14.0. The Kier molecular flexibility index (Phi) is 5.36. The van der Waals surface area contributed by atoms with E-state index in [1.54, 1.807) is 0 Å². The lowest BCUT2D eigenvalue weighted by Crippen LogP contribution is -2.39. The summed E-state index contributed by atoms with van der Waals surface area (Å²) in [5, 5.41) is 8.92. The Morgan fingerprint density at radius 1 is 1.26 bits per heavy atom. The van der Waals surface area contributed by atoms with Crippen molar-refractivity contribution in [2.45, 2.75) is 44.8 Å². The van der Waals surface area contributed by atoms with E-state index in [1.165, 1.54) is 0 Å². The summed E-state index contributed by atoms with van der Waals surface area (Å²) in [4.78, 5) is 16.4. The third kappa shape index (κ3) is 4.65. The lowest BCUT2D eigenvalue weighted by molar-refractivity contribution is -0.139. The van der Waals surface area contributed by atoms with E-state index in [2.05, 4.69) is 5.48 Å². The van der Waals surface area contributed by atoms with Gasteiger partial charge in [0, 0.05) is 12.5 Å². The minimum atomic E-state index is -0.721. The Bertz CT molecular complexity index is 394. The van der Waals surface area contributed by atoms with E-state index in [4.69, 9.17) is 9.94 Å². The van der Waals surface area contributed by atoms with E-state index in [-0.39, 0.29) is 18.4 Å². The third-order valence-corrected chi connectivity index (χ3v) is 3.66. The van der Waals surface area contributed by atoms with Crippen LogP contribution >= 0.6 is 0 Å². The van der Waals surface area contributed by atoms with E-state index in [1.807, 2.05) is 30.3 Å². The molecule has 104 valence electrons. The summed E-state index contributed by atoms with van der Waals surface area (Å²) in [6, 6.07) is 10.1. The molecule has 1 aliphatic rings. The highest BCUT2D eigenvalue weighted by molar-refractivity contribution is 5.67. The van der Waals surface area contributed by atoms with Gasteiger partial charge in [-0.3, -0.25) is 9.63 Å². The van der Waals surface area contributed by atoms with Gasteiger partial charge in [-0.05, 0) is 24.3 Å². The van der Waals surface area contributed by atoms with Crippen LogP contribution in [0.3, 0.4) is 0 Å². The Hall–Kier alpha value is -1.39. The molecule has 1 saturated carbocycles. The van der Waals surface area contributed by atoms with Gasteiger partial charge >= 0.3 is 5.97 Å². The summed E-state index contributed by atoms with van der Waals surface area (Å²) < 4.78 is 0. The van der Waals surface area contributed by atoms with E-state index < -0.39 is 5.97 Å². The van der Waals surface area contributed by atoms with Crippen molar-refractivity contribution in [3.8, 4) is 0 Å². The number of carbonyl (C=O) groups is 1. The molecular formula is C15H21NO3. The molecule has 2 unspecified atom stereocenters. The van der Waals surface area contributed by atoms with Crippen LogP contribution in [0.4, 0.5) is 0 Å². The van der Waals surface area contributed by atoms with Gasteiger partial charge in [-0.1, -0.05) is 43.2 Å². The van der Waals surface area contributed by atoms with Crippen molar-refractivity contribution in [3.63, 3.8) is 0 Å². The maximum atomic E-state index is 10.8. The third-order valence-electron chi connectivity index (χ3n) is 3.66. The molecule has 2 atom stereocenters. The molecule has 1 aromatic rings. The maximum Gasteiger partial charge on any atom is 0.303 e. The molecule has 0 aromatic heterocycles. The molecule has 0 heterocycles. The Balaban J connectivity index is 1.78. The van der Waals surface area contributed by atoms with Crippen molar-refractivity contribution in [2.75, 3.05) is 0 Å². The van der Waals surface area contributed by atoms with Crippen LogP contribution in [0, 0.1) is 5.92 Å². The molecule has 2 N–H and O–H groups in total. The van der Waals surface area contributed by atoms with Crippen molar-refractivity contribution < 1.29 is 14.7 Å². The first-order valence-electron chi connectivity index (χ1n) is 6.89. The Morgan fingerprint density at radius 3 is 2.74 bits per heavy atom. The smallest absolute Gasteiger partial charge is 0.303 e. The first-order valence-corrected chi connectivity index (χ1v) is 6.89. The van der Waals surface area contributed by atoms with Crippen LogP contribution in [0.2, 0.25) is 0 Å². The molecule has 0 aliphatic heterocycles. The van der Waals surface area contributed by atoms with E-state index in [0.717, 1.165) is 31.2 Å². The topological polar surface area (TPSA) is 58.6 Å². The predicted molar refractivity (Wildman–Crippen MR) is 72.4 cm³/mol. The zero-order chi connectivity index (χ0) is 13.5. The number of benzene rings is 1. The fraction of sp³-hybridized carbons (Fsp3) is 0.533. The Morgan fingerprint density at radius 2 is 2.00 bits per heavy atom. The molecule has 4 heteroatoms. The number of aliphatic carboxylic acids is 1. The van der Waals surface area contributed by atoms with E-state index in [9.17, 15) is 4.79 Å². The fourth-order valence-corrected chi connectivity index (χ4v) is 2.64. The molecule has 0 amide bonds. The van der Waals surface area contributed by atoms with Crippen LogP contribution in [0.15, 0.2) is 30.3 Å². The van der Waals surface area contributed by atoms with Gasteiger partial charge in [-0.25, -0.2) is 0 Å². The van der Waals surface area contributed by atoms with Crippen LogP contribution in [0.25, 0.3) is 0 Å². The van der Waals surface area contributed by atoms with Gasteiger partial charge < -0.3 is 5.11 Å². The molecule has 0 radical (unpaired) electrons. The second kappa shape index (κ2) is 7.26. The fourth-order valence-electron chi connectivity index (χ4n) is 2.64. The summed E-state index contributed by atoms with van der Waals surface area (Å²) in [6.07, 6.45) is 4.45. The number of hydrogen-bond acceptors (Lipinski definition) is 3.